The third kappa shape index (κ3) is 5.67. The molecule has 1 amide bonds. The lowest BCUT2D eigenvalue weighted by Crippen LogP contribution is -2.47. The molecule has 2 aliphatic heterocycles. The Morgan fingerprint density at radius 2 is 1.60 bits per heavy atom. The molecule has 1 aromatic carbocycles. The van der Waals surface area contributed by atoms with Gasteiger partial charge in [0.15, 0.2) is 0 Å². The monoisotopic (exact) mass is 592 g/mol. The Morgan fingerprint density at radius 1 is 0.929 bits per heavy atom. The molecule has 2 saturated heterocycles. The molecule has 5 heterocycles. The Bertz CT molecular complexity index is 1560. The average molecular weight is 593 g/mol. The van der Waals surface area contributed by atoms with Crippen molar-refractivity contribution in [1.29, 1.82) is 0 Å². The first-order chi connectivity index (χ1) is 20.4. The summed E-state index contributed by atoms with van der Waals surface area (Å²) in [6.07, 6.45) is 8.30. The number of anilines is 3. The highest BCUT2D eigenvalue weighted by Gasteiger charge is 2.23. The van der Waals surface area contributed by atoms with Crippen molar-refractivity contribution in [1.82, 2.24) is 24.7 Å². The van der Waals surface area contributed by atoms with Crippen LogP contribution in [0.25, 0.3) is 16.9 Å². The number of hydrogen-bond acceptors (Lipinski definition) is 9. The van der Waals surface area contributed by atoms with Crippen molar-refractivity contribution in [3.8, 4) is 22.8 Å². The van der Waals surface area contributed by atoms with Crippen LogP contribution in [0.5, 0.6) is 11.5 Å². The first-order valence-electron chi connectivity index (χ1n) is 13.9. The van der Waals surface area contributed by atoms with Crippen LogP contribution in [0.1, 0.15) is 12.8 Å². The minimum Gasteiger partial charge on any atom is -0.496 e. The molecule has 0 aliphatic carbocycles. The van der Waals surface area contributed by atoms with Crippen molar-refractivity contribution in [3.05, 3.63) is 54.1 Å². The average Bonchev–Trinajstić information content (AvgIpc) is 3.45. The highest BCUT2D eigenvalue weighted by molar-refractivity contribution is 6.32. The molecule has 12 nitrogen and oxygen atoms in total. The number of piperazine rings is 1. The summed E-state index contributed by atoms with van der Waals surface area (Å²) in [6, 6.07) is 7.79. The van der Waals surface area contributed by atoms with E-state index < -0.39 is 6.09 Å². The van der Waals surface area contributed by atoms with E-state index in [4.69, 9.17) is 31.2 Å². The molecule has 0 saturated carbocycles. The van der Waals surface area contributed by atoms with E-state index in [1.807, 2.05) is 35.3 Å². The zero-order chi connectivity index (χ0) is 29.2. The molecule has 2 fully saturated rings. The van der Waals surface area contributed by atoms with E-state index in [9.17, 15) is 4.79 Å². The summed E-state index contributed by atoms with van der Waals surface area (Å²) in [5.74, 6) is 1.92. The number of rotatable bonds is 7. The summed E-state index contributed by atoms with van der Waals surface area (Å²) in [6.45, 7) is 4.82. The van der Waals surface area contributed by atoms with Crippen LogP contribution in [0.4, 0.5) is 22.1 Å². The maximum Gasteiger partial charge on any atom is 0.404 e. The van der Waals surface area contributed by atoms with Gasteiger partial charge >= 0.3 is 6.09 Å². The smallest absolute Gasteiger partial charge is 0.404 e. The SMILES string of the molecule is COc1cc(OC)c(-c2cn3ccc(N4CCN(c5ncc(N6CCC(NC(=O)O)CC6)cn5)CC4)cc3n2)cc1Cl. The number of halogens is 1. The van der Waals surface area contributed by atoms with E-state index in [0.29, 0.717) is 16.5 Å². The zero-order valence-corrected chi connectivity index (χ0v) is 24.3. The molecular formula is C29H33ClN8O4. The first-order valence-corrected chi connectivity index (χ1v) is 14.3. The molecule has 0 bridgehead atoms. The fraction of sp³-hybridized carbons (Fsp3) is 0.379. The third-order valence-electron chi connectivity index (χ3n) is 7.93. The number of amides is 1. The number of nitrogens with one attached hydrogen (secondary N) is 1. The van der Waals surface area contributed by atoms with Gasteiger partial charge in [0.25, 0.3) is 0 Å². The lowest BCUT2D eigenvalue weighted by Gasteiger charge is -2.36. The Hall–Kier alpha value is -4.45. The third-order valence-corrected chi connectivity index (χ3v) is 8.23. The largest absolute Gasteiger partial charge is 0.496 e. The van der Waals surface area contributed by atoms with E-state index in [0.717, 1.165) is 86.3 Å². The molecule has 3 aromatic heterocycles. The number of hydrogen-bond donors (Lipinski definition) is 2. The molecule has 13 heteroatoms. The number of imidazole rings is 1. The van der Waals surface area contributed by atoms with Gasteiger partial charge < -0.3 is 39.0 Å². The van der Waals surface area contributed by atoms with Gasteiger partial charge in [-0.1, -0.05) is 11.6 Å². The van der Waals surface area contributed by atoms with Crippen LogP contribution in [0, 0.1) is 0 Å². The number of carboxylic acid groups (broad SMARTS) is 1. The fourth-order valence-electron chi connectivity index (χ4n) is 5.62. The second-order valence-electron chi connectivity index (χ2n) is 10.4. The second-order valence-corrected chi connectivity index (χ2v) is 10.8. The predicted molar refractivity (Wildman–Crippen MR) is 162 cm³/mol. The minimum atomic E-state index is -0.964. The quantitative estimate of drug-likeness (QED) is 0.325. The summed E-state index contributed by atoms with van der Waals surface area (Å²) >= 11 is 6.40. The lowest BCUT2D eigenvalue weighted by atomic mass is 10.1. The van der Waals surface area contributed by atoms with Crippen molar-refractivity contribution >= 4 is 40.7 Å². The second kappa shape index (κ2) is 11.8. The fourth-order valence-corrected chi connectivity index (χ4v) is 5.86. The molecule has 0 atom stereocenters. The number of piperidine rings is 1. The van der Waals surface area contributed by atoms with Gasteiger partial charge in [0.05, 0.1) is 43.0 Å². The molecule has 0 spiro atoms. The van der Waals surface area contributed by atoms with E-state index in [1.165, 1.54) is 0 Å². The van der Waals surface area contributed by atoms with Gasteiger partial charge in [-0.3, -0.25) is 0 Å². The Kier molecular flexibility index (Phi) is 7.79. The summed E-state index contributed by atoms with van der Waals surface area (Å²) in [4.78, 5) is 31.8. The van der Waals surface area contributed by atoms with Crippen LogP contribution < -0.4 is 29.5 Å². The lowest BCUT2D eigenvalue weighted by molar-refractivity contribution is 0.187. The van der Waals surface area contributed by atoms with Gasteiger partial charge in [-0.2, -0.15) is 0 Å². The van der Waals surface area contributed by atoms with Crippen LogP contribution in [-0.2, 0) is 0 Å². The van der Waals surface area contributed by atoms with Crippen LogP contribution in [0.15, 0.2) is 49.1 Å². The summed E-state index contributed by atoms with van der Waals surface area (Å²) in [7, 11) is 3.19. The number of nitrogens with zero attached hydrogens (tertiary/aromatic N) is 7. The van der Waals surface area contributed by atoms with Crippen LogP contribution in [-0.4, -0.2) is 90.1 Å². The normalized spacial score (nSPS) is 16.1. The number of ether oxygens (including phenoxy) is 2. The van der Waals surface area contributed by atoms with Crippen molar-refractivity contribution in [2.24, 2.45) is 0 Å². The number of carbonyl (C=O) groups is 1. The summed E-state index contributed by atoms with van der Waals surface area (Å²) in [5, 5.41) is 12.0. The minimum absolute atomic E-state index is 0.00239. The van der Waals surface area contributed by atoms with E-state index in [-0.39, 0.29) is 6.04 Å². The Labute approximate surface area is 248 Å². The summed E-state index contributed by atoms with van der Waals surface area (Å²) < 4.78 is 12.9. The number of methoxy groups -OCH3 is 2. The molecular weight excluding hydrogens is 560 g/mol. The maximum atomic E-state index is 10.9. The molecule has 2 N–H and O–H groups in total. The van der Waals surface area contributed by atoms with Crippen LogP contribution in [0.3, 0.4) is 0 Å². The number of pyridine rings is 1. The topological polar surface area (TPSA) is 121 Å². The molecule has 4 aromatic rings. The van der Waals surface area contributed by atoms with E-state index in [2.05, 4.69) is 42.1 Å². The van der Waals surface area contributed by atoms with Gasteiger partial charge in [-0.15, -0.1) is 0 Å². The van der Waals surface area contributed by atoms with Gasteiger partial charge in [-0.25, -0.2) is 19.7 Å². The van der Waals surface area contributed by atoms with Crippen molar-refractivity contribution in [3.63, 3.8) is 0 Å². The molecule has 220 valence electrons. The van der Waals surface area contributed by atoms with Gasteiger partial charge in [0, 0.05) is 81.1 Å². The van der Waals surface area contributed by atoms with E-state index >= 15 is 0 Å². The van der Waals surface area contributed by atoms with Crippen molar-refractivity contribution in [2.45, 2.75) is 18.9 Å². The maximum absolute atomic E-state index is 10.9. The first kappa shape index (κ1) is 27.7. The van der Waals surface area contributed by atoms with E-state index in [1.54, 1.807) is 20.3 Å². The Balaban J connectivity index is 1.09. The van der Waals surface area contributed by atoms with Crippen molar-refractivity contribution < 1.29 is 19.4 Å². The Morgan fingerprint density at radius 3 is 2.26 bits per heavy atom. The highest BCUT2D eigenvalue weighted by atomic mass is 35.5. The molecule has 0 unspecified atom stereocenters. The van der Waals surface area contributed by atoms with Crippen LogP contribution in [0.2, 0.25) is 5.02 Å². The van der Waals surface area contributed by atoms with Crippen LogP contribution >= 0.6 is 11.6 Å². The number of fused-ring (bicyclic) bond motifs is 1. The summed E-state index contributed by atoms with van der Waals surface area (Å²) in [5.41, 5.74) is 4.47. The number of benzene rings is 1. The van der Waals surface area contributed by atoms with Gasteiger partial charge in [-0.05, 0) is 25.0 Å². The van der Waals surface area contributed by atoms with Gasteiger partial charge in [0.2, 0.25) is 5.95 Å². The number of aromatic nitrogens is 4. The van der Waals surface area contributed by atoms with Gasteiger partial charge in [0.1, 0.15) is 17.1 Å². The zero-order valence-electron chi connectivity index (χ0n) is 23.5. The molecule has 2 aliphatic rings. The van der Waals surface area contributed by atoms with Crippen molar-refractivity contribution in [2.75, 3.05) is 68.2 Å². The standard InChI is InChI=1S/C29H33ClN8O4/c1-41-25-15-26(42-2)23(30)14-22(25)24-18-38-8-5-20(13-27(38)34-24)36-9-11-37(12-10-36)28-31-16-21(17-32-28)35-6-3-19(4-7-35)33-29(39)40/h5,8,13-19,33H,3-4,6-7,9-12H2,1-2H3,(H,39,40). The molecule has 42 heavy (non-hydrogen) atoms. The predicted octanol–water partition coefficient (Wildman–Crippen LogP) is 4.02. The highest BCUT2D eigenvalue weighted by Crippen LogP contribution is 2.38. The molecule has 0 radical (unpaired) electrons. The molecule has 6 rings (SSSR count).